The largest absolute Gasteiger partial charge is 0.481 e. The number of anilines is 1. The van der Waals surface area contributed by atoms with Gasteiger partial charge in [0.05, 0.1) is 6.42 Å². The maximum atomic E-state index is 12.0. The number of nitrogens with zero attached hydrogens (tertiary/aromatic N) is 2. The van der Waals surface area contributed by atoms with E-state index in [-0.39, 0.29) is 19.0 Å². The lowest BCUT2D eigenvalue weighted by atomic mass is 10.2. The van der Waals surface area contributed by atoms with Gasteiger partial charge in [0.15, 0.2) is 0 Å². The fraction of sp³-hybridized carbons (Fsp3) is 0.385. The van der Waals surface area contributed by atoms with Crippen molar-refractivity contribution in [1.82, 2.24) is 4.90 Å². The van der Waals surface area contributed by atoms with E-state index in [1.165, 1.54) is 9.80 Å². The molecule has 0 heterocycles. The van der Waals surface area contributed by atoms with Crippen LogP contribution in [0.25, 0.3) is 0 Å². The molecule has 18 heavy (non-hydrogen) atoms. The highest BCUT2D eigenvalue weighted by molar-refractivity contribution is 5.91. The summed E-state index contributed by atoms with van der Waals surface area (Å²) < 4.78 is 0. The Kier molecular flexibility index (Phi) is 4.71. The van der Waals surface area contributed by atoms with E-state index < -0.39 is 5.97 Å². The van der Waals surface area contributed by atoms with Crippen molar-refractivity contribution in [1.29, 1.82) is 0 Å². The van der Waals surface area contributed by atoms with E-state index in [1.807, 2.05) is 31.2 Å². The fourth-order valence-corrected chi connectivity index (χ4v) is 1.49. The molecule has 0 saturated carbocycles. The monoisotopic (exact) mass is 250 g/mol. The van der Waals surface area contributed by atoms with E-state index in [2.05, 4.69) is 0 Å². The SMILES string of the molecule is Cc1ccc(N(C)C(=O)N(C)CCC(=O)O)cc1. The van der Waals surface area contributed by atoms with E-state index >= 15 is 0 Å². The molecule has 1 aromatic rings. The summed E-state index contributed by atoms with van der Waals surface area (Å²) in [5.41, 5.74) is 1.91. The molecule has 2 amide bonds. The second kappa shape index (κ2) is 6.05. The third kappa shape index (κ3) is 3.76. The van der Waals surface area contributed by atoms with Crippen LogP contribution in [0.2, 0.25) is 0 Å². The van der Waals surface area contributed by atoms with Crippen molar-refractivity contribution in [3.05, 3.63) is 29.8 Å². The molecule has 0 aliphatic rings. The first kappa shape index (κ1) is 14.0. The van der Waals surface area contributed by atoms with Gasteiger partial charge >= 0.3 is 12.0 Å². The standard InChI is InChI=1S/C13H18N2O3/c1-10-4-6-11(7-5-10)15(3)13(18)14(2)9-8-12(16)17/h4-7H,8-9H2,1-3H3,(H,16,17). The molecule has 0 bridgehead atoms. The lowest BCUT2D eigenvalue weighted by molar-refractivity contribution is -0.137. The van der Waals surface area contributed by atoms with Gasteiger partial charge in [-0.2, -0.15) is 0 Å². The van der Waals surface area contributed by atoms with Crippen molar-refractivity contribution < 1.29 is 14.7 Å². The number of amides is 2. The predicted octanol–water partition coefficient (Wildman–Crippen LogP) is 1.96. The number of rotatable bonds is 4. The average Bonchev–Trinajstić information content (AvgIpc) is 2.35. The lowest BCUT2D eigenvalue weighted by Gasteiger charge is -2.24. The van der Waals surface area contributed by atoms with Crippen LogP contribution in [0.4, 0.5) is 10.5 Å². The summed E-state index contributed by atoms with van der Waals surface area (Å²) in [6.45, 7) is 2.18. The minimum atomic E-state index is -0.910. The third-order valence-corrected chi connectivity index (χ3v) is 2.70. The van der Waals surface area contributed by atoms with E-state index in [1.54, 1.807) is 14.1 Å². The highest BCUT2D eigenvalue weighted by Crippen LogP contribution is 2.14. The van der Waals surface area contributed by atoms with E-state index in [9.17, 15) is 9.59 Å². The first-order chi connectivity index (χ1) is 8.41. The predicted molar refractivity (Wildman–Crippen MR) is 69.9 cm³/mol. The zero-order chi connectivity index (χ0) is 13.7. The molecule has 0 unspecified atom stereocenters. The molecule has 98 valence electrons. The summed E-state index contributed by atoms with van der Waals surface area (Å²) in [6.07, 6.45) is -0.0516. The second-order valence-electron chi connectivity index (χ2n) is 4.24. The minimum absolute atomic E-state index is 0.0516. The molecular formula is C13H18N2O3. The van der Waals surface area contributed by atoms with Crippen molar-refractivity contribution in [3.63, 3.8) is 0 Å². The number of urea groups is 1. The van der Waals surface area contributed by atoms with Crippen LogP contribution in [-0.4, -0.2) is 42.6 Å². The first-order valence-electron chi connectivity index (χ1n) is 5.69. The van der Waals surface area contributed by atoms with Gasteiger partial charge in [0, 0.05) is 26.3 Å². The van der Waals surface area contributed by atoms with E-state index in [0.29, 0.717) is 0 Å². The van der Waals surface area contributed by atoms with Gasteiger partial charge in [0.1, 0.15) is 0 Å². The lowest BCUT2D eigenvalue weighted by Crippen LogP contribution is -2.39. The molecule has 0 aliphatic heterocycles. The summed E-state index contributed by atoms with van der Waals surface area (Å²) >= 11 is 0. The van der Waals surface area contributed by atoms with E-state index in [0.717, 1.165) is 11.3 Å². The summed E-state index contributed by atoms with van der Waals surface area (Å²) in [6, 6.07) is 7.35. The molecule has 0 radical (unpaired) electrons. The molecule has 0 fully saturated rings. The molecule has 5 heteroatoms. The molecule has 1 aromatic carbocycles. The molecule has 5 nitrogen and oxygen atoms in total. The Balaban J connectivity index is 2.65. The van der Waals surface area contributed by atoms with Crippen molar-refractivity contribution in [2.75, 3.05) is 25.5 Å². The number of carbonyl (C=O) groups excluding carboxylic acids is 1. The summed E-state index contributed by atoms with van der Waals surface area (Å²) in [5, 5.41) is 8.58. The summed E-state index contributed by atoms with van der Waals surface area (Å²) in [5.74, 6) is -0.910. The zero-order valence-electron chi connectivity index (χ0n) is 10.9. The maximum Gasteiger partial charge on any atom is 0.323 e. The van der Waals surface area contributed by atoms with Crippen LogP contribution in [0.1, 0.15) is 12.0 Å². The van der Waals surface area contributed by atoms with Crippen LogP contribution >= 0.6 is 0 Å². The normalized spacial score (nSPS) is 9.94. The molecular weight excluding hydrogens is 232 g/mol. The Morgan fingerprint density at radius 2 is 1.72 bits per heavy atom. The Labute approximate surface area is 107 Å². The van der Waals surface area contributed by atoms with Gasteiger partial charge in [-0.15, -0.1) is 0 Å². The second-order valence-corrected chi connectivity index (χ2v) is 4.24. The van der Waals surface area contributed by atoms with Gasteiger partial charge < -0.3 is 10.0 Å². The van der Waals surface area contributed by atoms with Crippen LogP contribution in [0.3, 0.4) is 0 Å². The molecule has 1 rings (SSSR count). The van der Waals surface area contributed by atoms with Gasteiger partial charge in [0.2, 0.25) is 0 Å². The van der Waals surface area contributed by atoms with Gasteiger partial charge in [-0.25, -0.2) is 4.79 Å². The zero-order valence-corrected chi connectivity index (χ0v) is 10.9. The van der Waals surface area contributed by atoms with Crippen LogP contribution in [0, 0.1) is 6.92 Å². The maximum absolute atomic E-state index is 12.0. The molecule has 0 spiro atoms. The molecule has 0 aliphatic carbocycles. The number of benzene rings is 1. The Hall–Kier alpha value is -2.04. The van der Waals surface area contributed by atoms with Crippen LogP contribution < -0.4 is 4.90 Å². The number of carboxylic acids is 1. The highest BCUT2D eigenvalue weighted by atomic mass is 16.4. The van der Waals surface area contributed by atoms with Crippen LogP contribution in [-0.2, 0) is 4.79 Å². The quantitative estimate of drug-likeness (QED) is 0.888. The molecule has 0 saturated heterocycles. The van der Waals surface area contributed by atoms with E-state index in [4.69, 9.17) is 5.11 Å². The molecule has 0 atom stereocenters. The van der Waals surface area contributed by atoms with Crippen molar-refractivity contribution >= 4 is 17.7 Å². The highest BCUT2D eigenvalue weighted by Gasteiger charge is 2.16. The number of carboxylic acid groups (broad SMARTS) is 1. The third-order valence-electron chi connectivity index (χ3n) is 2.70. The van der Waals surface area contributed by atoms with Crippen molar-refractivity contribution in [2.24, 2.45) is 0 Å². The van der Waals surface area contributed by atoms with Gasteiger partial charge in [-0.05, 0) is 19.1 Å². The minimum Gasteiger partial charge on any atom is -0.481 e. The smallest absolute Gasteiger partial charge is 0.323 e. The Morgan fingerprint density at radius 3 is 2.22 bits per heavy atom. The number of hydrogen-bond donors (Lipinski definition) is 1. The van der Waals surface area contributed by atoms with Gasteiger partial charge in [-0.1, -0.05) is 17.7 Å². The average molecular weight is 250 g/mol. The Bertz CT molecular complexity index is 428. The van der Waals surface area contributed by atoms with Gasteiger partial charge in [-0.3, -0.25) is 9.69 Å². The summed E-state index contributed by atoms with van der Waals surface area (Å²) in [4.78, 5) is 25.4. The first-order valence-corrected chi connectivity index (χ1v) is 5.69. The number of aliphatic carboxylic acids is 1. The molecule has 1 N–H and O–H groups in total. The fourth-order valence-electron chi connectivity index (χ4n) is 1.49. The van der Waals surface area contributed by atoms with Crippen LogP contribution in [0.15, 0.2) is 24.3 Å². The number of hydrogen-bond acceptors (Lipinski definition) is 2. The van der Waals surface area contributed by atoms with Gasteiger partial charge in [0.25, 0.3) is 0 Å². The van der Waals surface area contributed by atoms with Crippen LogP contribution in [0.5, 0.6) is 0 Å². The molecule has 0 aromatic heterocycles. The number of carbonyl (C=O) groups is 2. The number of aryl methyl sites for hydroxylation is 1. The van der Waals surface area contributed by atoms with Crippen molar-refractivity contribution in [3.8, 4) is 0 Å². The Morgan fingerprint density at radius 1 is 1.17 bits per heavy atom. The van der Waals surface area contributed by atoms with Crippen molar-refractivity contribution in [2.45, 2.75) is 13.3 Å². The summed E-state index contributed by atoms with van der Waals surface area (Å²) in [7, 11) is 3.26. The topological polar surface area (TPSA) is 60.9 Å².